The first kappa shape index (κ1) is 13.6. The molecule has 0 heterocycles. The molecule has 1 atom stereocenters. The Labute approximate surface area is 113 Å². The molecule has 2 aromatic rings. The summed E-state index contributed by atoms with van der Waals surface area (Å²) < 4.78 is 13.3. The Morgan fingerprint density at radius 1 is 1.11 bits per heavy atom. The van der Waals surface area contributed by atoms with Crippen LogP contribution in [0, 0.1) is 5.82 Å². The van der Waals surface area contributed by atoms with Gasteiger partial charge in [0.05, 0.1) is 0 Å². The number of benzene rings is 2. The molecule has 2 nitrogen and oxygen atoms in total. The maximum absolute atomic E-state index is 13.3. The van der Waals surface area contributed by atoms with E-state index in [1.54, 1.807) is 12.1 Å². The quantitative estimate of drug-likeness (QED) is 0.895. The molecule has 1 unspecified atom stereocenters. The Bertz CT molecular complexity index is 554. The van der Waals surface area contributed by atoms with Gasteiger partial charge in [-0.1, -0.05) is 24.3 Å². The van der Waals surface area contributed by atoms with Crippen LogP contribution >= 0.6 is 0 Å². The third-order valence-electron chi connectivity index (χ3n) is 3.39. The maximum Gasteiger partial charge on any atom is 0.125 e. The predicted molar refractivity (Wildman–Crippen MR) is 78.4 cm³/mol. The summed E-state index contributed by atoms with van der Waals surface area (Å²) in [6.45, 7) is 2.11. The van der Waals surface area contributed by atoms with Gasteiger partial charge < -0.3 is 10.2 Å². The van der Waals surface area contributed by atoms with Gasteiger partial charge in [-0.25, -0.2) is 4.39 Å². The minimum absolute atomic E-state index is 0.219. The molecular weight excluding hydrogens is 239 g/mol. The average molecular weight is 258 g/mol. The van der Waals surface area contributed by atoms with Gasteiger partial charge in [0.25, 0.3) is 0 Å². The molecule has 0 aromatic heterocycles. The first-order valence-electron chi connectivity index (χ1n) is 6.39. The van der Waals surface area contributed by atoms with Crippen molar-refractivity contribution in [2.24, 2.45) is 0 Å². The van der Waals surface area contributed by atoms with Gasteiger partial charge in [0, 0.05) is 24.5 Å². The van der Waals surface area contributed by atoms with E-state index in [-0.39, 0.29) is 11.9 Å². The highest BCUT2D eigenvalue weighted by Crippen LogP contribution is 2.30. The highest BCUT2D eigenvalue weighted by Gasteiger charge is 2.13. The first-order chi connectivity index (χ1) is 9.13. The fourth-order valence-corrected chi connectivity index (χ4v) is 2.14. The van der Waals surface area contributed by atoms with Crippen LogP contribution in [0.1, 0.15) is 18.5 Å². The molecule has 0 fully saturated rings. The lowest BCUT2D eigenvalue weighted by Crippen LogP contribution is -2.18. The number of halogens is 1. The molecule has 19 heavy (non-hydrogen) atoms. The Balaban J connectivity index is 2.41. The molecule has 0 bridgehead atoms. The summed E-state index contributed by atoms with van der Waals surface area (Å²) in [5.74, 6) is -0.219. The highest BCUT2D eigenvalue weighted by atomic mass is 19.1. The minimum atomic E-state index is -0.219. The van der Waals surface area contributed by atoms with Crippen molar-refractivity contribution in [3.63, 3.8) is 0 Å². The van der Waals surface area contributed by atoms with Crippen molar-refractivity contribution in [2.45, 2.75) is 13.0 Å². The fourth-order valence-electron chi connectivity index (χ4n) is 2.14. The third-order valence-corrected chi connectivity index (χ3v) is 3.39. The molecule has 2 aromatic carbocycles. The largest absolute Gasteiger partial charge is 0.344 e. The van der Waals surface area contributed by atoms with Crippen LogP contribution in [0.25, 0.3) is 0 Å². The first-order valence-corrected chi connectivity index (χ1v) is 6.39. The van der Waals surface area contributed by atoms with Crippen LogP contribution in [0.4, 0.5) is 15.8 Å². The highest BCUT2D eigenvalue weighted by molar-refractivity contribution is 5.66. The number of nitrogens with zero attached hydrogens (tertiary/aromatic N) is 1. The van der Waals surface area contributed by atoms with E-state index in [0.29, 0.717) is 0 Å². The number of para-hydroxylation sites is 1. The Hall–Kier alpha value is -1.87. The van der Waals surface area contributed by atoms with Crippen molar-refractivity contribution in [3.8, 4) is 0 Å². The van der Waals surface area contributed by atoms with Crippen molar-refractivity contribution in [1.82, 2.24) is 5.32 Å². The molecule has 3 heteroatoms. The Morgan fingerprint density at radius 2 is 1.84 bits per heavy atom. The van der Waals surface area contributed by atoms with E-state index in [1.165, 1.54) is 11.6 Å². The zero-order valence-corrected chi connectivity index (χ0v) is 11.5. The van der Waals surface area contributed by atoms with Crippen LogP contribution in [-0.4, -0.2) is 14.1 Å². The molecule has 0 saturated heterocycles. The molecule has 100 valence electrons. The number of hydrogen-bond acceptors (Lipinski definition) is 2. The number of rotatable bonds is 4. The molecule has 1 N–H and O–H groups in total. The minimum Gasteiger partial charge on any atom is -0.344 e. The Kier molecular flexibility index (Phi) is 4.17. The fraction of sp³-hybridized carbons (Fsp3) is 0.250. The molecule has 0 aliphatic heterocycles. The number of hydrogen-bond donors (Lipinski definition) is 1. The molecular formula is C16H19FN2. The van der Waals surface area contributed by atoms with Gasteiger partial charge in [-0.3, -0.25) is 0 Å². The third kappa shape index (κ3) is 2.93. The van der Waals surface area contributed by atoms with Crippen molar-refractivity contribution in [3.05, 3.63) is 59.9 Å². The predicted octanol–water partition coefficient (Wildman–Crippen LogP) is 3.87. The van der Waals surface area contributed by atoms with Crippen LogP contribution in [0.15, 0.2) is 48.5 Å². The summed E-state index contributed by atoms with van der Waals surface area (Å²) in [6.07, 6.45) is 0. The van der Waals surface area contributed by atoms with Crippen molar-refractivity contribution in [2.75, 3.05) is 19.0 Å². The molecule has 0 spiro atoms. The second kappa shape index (κ2) is 5.85. The average Bonchev–Trinajstić information content (AvgIpc) is 2.45. The van der Waals surface area contributed by atoms with Gasteiger partial charge in [-0.05, 0) is 43.8 Å². The number of nitrogens with one attached hydrogen (secondary N) is 1. The summed E-state index contributed by atoms with van der Waals surface area (Å²) in [7, 11) is 3.89. The molecule has 2 rings (SSSR count). The SMILES string of the molecule is CNC(C)c1ccccc1N(C)c1cccc(F)c1. The standard InChI is InChI=1S/C16H19FN2/c1-12(18-2)15-9-4-5-10-16(15)19(3)14-8-6-7-13(17)11-14/h4-12,18H,1-3H3. The van der Waals surface area contributed by atoms with E-state index >= 15 is 0 Å². The molecule has 0 aliphatic carbocycles. The van der Waals surface area contributed by atoms with Crippen molar-refractivity contribution < 1.29 is 4.39 Å². The lowest BCUT2D eigenvalue weighted by molar-refractivity contribution is 0.627. The van der Waals surface area contributed by atoms with Crippen molar-refractivity contribution >= 4 is 11.4 Å². The van der Waals surface area contributed by atoms with E-state index in [4.69, 9.17) is 0 Å². The Morgan fingerprint density at radius 3 is 2.53 bits per heavy atom. The van der Waals surface area contributed by atoms with Gasteiger partial charge in [-0.2, -0.15) is 0 Å². The molecule has 0 amide bonds. The second-order valence-corrected chi connectivity index (χ2v) is 4.61. The topological polar surface area (TPSA) is 15.3 Å². The zero-order chi connectivity index (χ0) is 13.8. The maximum atomic E-state index is 13.3. The van der Waals surface area contributed by atoms with Crippen LogP contribution in [0.3, 0.4) is 0 Å². The normalized spacial score (nSPS) is 12.2. The van der Waals surface area contributed by atoms with Crippen LogP contribution in [-0.2, 0) is 0 Å². The van der Waals surface area contributed by atoms with Gasteiger partial charge in [0.15, 0.2) is 0 Å². The van der Waals surface area contributed by atoms with E-state index in [0.717, 1.165) is 11.4 Å². The summed E-state index contributed by atoms with van der Waals surface area (Å²) in [5, 5.41) is 3.24. The van der Waals surface area contributed by atoms with Gasteiger partial charge in [-0.15, -0.1) is 0 Å². The van der Waals surface area contributed by atoms with Crippen LogP contribution in [0.5, 0.6) is 0 Å². The van der Waals surface area contributed by atoms with Crippen LogP contribution in [0.2, 0.25) is 0 Å². The van der Waals surface area contributed by atoms with E-state index < -0.39 is 0 Å². The molecule has 0 saturated carbocycles. The number of anilines is 2. The summed E-state index contributed by atoms with van der Waals surface area (Å²) in [5.41, 5.74) is 3.11. The summed E-state index contributed by atoms with van der Waals surface area (Å²) in [6, 6.07) is 15.0. The van der Waals surface area contributed by atoms with Gasteiger partial charge in [0.2, 0.25) is 0 Å². The van der Waals surface area contributed by atoms with Gasteiger partial charge in [0.1, 0.15) is 5.82 Å². The van der Waals surface area contributed by atoms with Crippen LogP contribution < -0.4 is 10.2 Å². The van der Waals surface area contributed by atoms with E-state index in [1.807, 2.05) is 43.3 Å². The van der Waals surface area contributed by atoms with Crippen molar-refractivity contribution in [1.29, 1.82) is 0 Å². The van der Waals surface area contributed by atoms with Gasteiger partial charge >= 0.3 is 0 Å². The zero-order valence-electron chi connectivity index (χ0n) is 11.5. The lowest BCUT2D eigenvalue weighted by atomic mass is 10.1. The molecule has 0 aliphatic rings. The molecule has 0 radical (unpaired) electrons. The van der Waals surface area contributed by atoms with E-state index in [9.17, 15) is 4.39 Å². The van der Waals surface area contributed by atoms with E-state index in [2.05, 4.69) is 18.3 Å². The lowest BCUT2D eigenvalue weighted by Gasteiger charge is -2.25. The summed E-state index contributed by atoms with van der Waals surface area (Å²) in [4.78, 5) is 2.01. The monoisotopic (exact) mass is 258 g/mol. The second-order valence-electron chi connectivity index (χ2n) is 4.61. The smallest absolute Gasteiger partial charge is 0.125 e. The summed E-state index contributed by atoms with van der Waals surface area (Å²) >= 11 is 0.